The Balaban J connectivity index is 1.67. The fourth-order valence-electron chi connectivity index (χ4n) is 3.00. The van der Waals surface area contributed by atoms with Gasteiger partial charge in [0.15, 0.2) is 11.0 Å². The number of imide groups is 1. The lowest BCUT2D eigenvalue weighted by atomic mass is 10.1. The van der Waals surface area contributed by atoms with E-state index in [0.717, 1.165) is 16.7 Å². The number of aromatic nitrogens is 3. The van der Waals surface area contributed by atoms with Gasteiger partial charge in [-0.3, -0.25) is 14.7 Å². The number of carbonyl (C=O) groups excluding carboxylic acids is 2. The lowest BCUT2D eigenvalue weighted by molar-refractivity contribution is -0.119. The van der Waals surface area contributed by atoms with Crippen molar-refractivity contribution in [3.8, 4) is 11.4 Å². The summed E-state index contributed by atoms with van der Waals surface area (Å²) in [5.74, 6) is 0.282. The molecule has 1 aromatic heterocycles. The topological polar surface area (TPSA) is 88.9 Å². The molecular formula is C23H25N5O2S. The number of allylic oxidation sites excluding steroid dienone is 1. The first kappa shape index (κ1) is 22.3. The fraction of sp³-hybridized carbons (Fsp3) is 0.217. The molecule has 0 radical (unpaired) electrons. The number of carbonyl (C=O) groups is 2. The van der Waals surface area contributed by atoms with E-state index in [1.54, 1.807) is 13.0 Å². The number of urea groups is 1. The average Bonchev–Trinajstić information content (AvgIpc) is 3.13. The van der Waals surface area contributed by atoms with Crippen molar-refractivity contribution >= 4 is 29.4 Å². The van der Waals surface area contributed by atoms with Gasteiger partial charge in [0, 0.05) is 17.8 Å². The van der Waals surface area contributed by atoms with Crippen LogP contribution in [0.3, 0.4) is 0 Å². The number of anilines is 1. The van der Waals surface area contributed by atoms with Gasteiger partial charge >= 0.3 is 6.03 Å². The molecule has 2 aromatic carbocycles. The Bertz CT molecular complexity index is 1090. The molecule has 3 aromatic rings. The second-order valence-corrected chi connectivity index (χ2v) is 8.40. The highest BCUT2D eigenvalue weighted by Gasteiger charge is 2.22. The van der Waals surface area contributed by atoms with Crippen LogP contribution in [0.1, 0.15) is 18.1 Å². The number of rotatable bonds is 7. The second-order valence-electron chi connectivity index (χ2n) is 7.09. The number of thioether (sulfide) groups is 1. The van der Waals surface area contributed by atoms with Gasteiger partial charge in [0.2, 0.25) is 5.91 Å². The molecule has 0 aliphatic rings. The third kappa shape index (κ3) is 5.61. The molecule has 3 rings (SSSR count). The number of benzene rings is 2. The van der Waals surface area contributed by atoms with Gasteiger partial charge in [-0.2, -0.15) is 0 Å². The predicted octanol–water partition coefficient (Wildman–Crippen LogP) is 4.58. The highest BCUT2D eigenvalue weighted by molar-refractivity contribution is 8.00. The van der Waals surface area contributed by atoms with Gasteiger partial charge in [-0.15, -0.1) is 16.8 Å². The molecule has 3 amide bonds. The maximum absolute atomic E-state index is 12.6. The molecular weight excluding hydrogens is 410 g/mol. The Kier molecular flexibility index (Phi) is 7.25. The lowest BCUT2D eigenvalue weighted by Crippen LogP contribution is -2.39. The first-order valence-electron chi connectivity index (χ1n) is 9.84. The molecule has 2 N–H and O–H groups in total. The van der Waals surface area contributed by atoms with E-state index in [1.807, 2.05) is 66.9 Å². The monoisotopic (exact) mass is 435 g/mol. The van der Waals surface area contributed by atoms with Gasteiger partial charge in [0.1, 0.15) is 0 Å². The maximum atomic E-state index is 12.6. The Hall–Kier alpha value is -3.39. The number of hydrogen-bond donors (Lipinski definition) is 2. The molecule has 0 aliphatic carbocycles. The molecule has 1 heterocycles. The van der Waals surface area contributed by atoms with E-state index in [-0.39, 0.29) is 0 Å². The maximum Gasteiger partial charge on any atom is 0.325 e. The summed E-state index contributed by atoms with van der Waals surface area (Å²) in [6, 6.07) is 14.8. The van der Waals surface area contributed by atoms with Gasteiger partial charge in [0.05, 0.1) is 5.25 Å². The Morgan fingerprint density at radius 3 is 2.58 bits per heavy atom. The molecule has 0 fully saturated rings. The molecule has 7 nitrogen and oxygen atoms in total. The van der Waals surface area contributed by atoms with Crippen molar-refractivity contribution in [1.82, 2.24) is 20.1 Å². The largest absolute Gasteiger partial charge is 0.325 e. The quantitative estimate of drug-likeness (QED) is 0.419. The average molecular weight is 436 g/mol. The molecule has 1 unspecified atom stereocenters. The van der Waals surface area contributed by atoms with E-state index in [2.05, 4.69) is 27.4 Å². The molecule has 0 bridgehead atoms. The highest BCUT2D eigenvalue weighted by atomic mass is 32.2. The third-order valence-corrected chi connectivity index (χ3v) is 5.66. The Morgan fingerprint density at radius 2 is 1.90 bits per heavy atom. The first-order valence-corrected chi connectivity index (χ1v) is 10.7. The van der Waals surface area contributed by atoms with Crippen LogP contribution in [0.15, 0.2) is 66.3 Å². The Labute approximate surface area is 186 Å². The zero-order valence-electron chi connectivity index (χ0n) is 17.8. The summed E-state index contributed by atoms with van der Waals surface area (Å²) in [5.41, 5.74) is 3.61. The lowest BCUT2D eigenvalue weighted by Gasteiger charge is -2.13. The van der Waals surface area contributed by atoms with Gasteiger partial charge in [-0.1, -0.05) is 65.9 Å². The van der Waals surface area contributed by atoms with Crippen molar-refractivity contribution in [3.63, 3.8) is 0 Å². The number of aryl methyl sites for hydroxylation is 2. The van der Waals surface area contributed by atoms with E-state index in [9.17, 15) is 9.59 Å². The number of nitrogens with one attached hydrogen (secondary N) is 2. The minimum atomic E-state index is -0.568. The second kappa shape index (κ2) is 10.1. The minimum Gasteiger partial charge on any atom is -0.307 e. The van der Waals surface area contributed by atoms with Crippen LogP contribution in [0.25, 0.3) is 11.4 Å². The molecule has 0 spiro atoms. The van der Waals surface area contributed by atoms with E-state index >= 15 is 0 Å². The van der Waals surface area contributed by atoms with Crippen LogP contribution in [0.5, 0.6) is 0 Å². The van der Waals surface area contributed by atoms with Crippen molar-refractivity contribution in [3.05, 3.63) is 72.3 Å². The zero-order valence-corrected chi connectivity index (χ0v) is 18.6. The highest BCUT2D eigenvalue weighted by Crippen LogP contribution is 2.27. The van der Waals surface area contributed by atoms with E-state index in [4.69, 9.17) is 0 Å². The van der Waals surface area contributed by atoms with Crippen LogP contribution in [-0.2, 0) is 11.3 Å². The van der Waals surface area contributed by atoms with Crippen LogP contribution in [0, 0.1) is 13.8 Å². The van der Waals surface area contributed by atoms with Crippen molar-refractivity contribution in [2.45, 2.75) is 37.7 Å². The van der Waals surface area contributed by atoms with Crippen molar-refractivity contribution in [2.24, 2.45) is 0 Å². The molecule has 8 heteroatoms. The summed E-state index contributed by atoms with van der Waals surface area (Å²) in [6.45, 7) is 9.90. The van der Waals surface area contributed by atoms with Gasteiger partial charge < -0.3 is 5.32 Å². The molecule has 0 saturated carbocycles. The summed E-state index contributed by atoms with van der Waals surface area (Å²) >= 11 is 1.24. The van der Waals surface area contributed by atoms with E-state index in [1.165, 1.54) is 11.8 Å². The molecule has 1 atom stereocenters. The SMILES string of the molecule is C=CCn1c(SC(C)C(=O)NC(=O)Nc2ccc(C)cc2C)nnc1-c1ccccc1. The third-order valence-electron chi connectivity index (χ3n) is 4.58. The summed E-state index contributed by atoms with van der Waals surface area (Å²) < 4.78 is 1.90. The molecule has 0 saturated heterocycles. The standard InChI is InChI=1S/C23H25N5O2S/c1-5-13-28-20(18-9-7-6-8-10-18)26-27-23(28)31-17(4)21(29)25-22(30)24-19-12-11-15(2)14-16(19)3/h5-12,14,17H,1,13H2,2-4H3,(H2,24,25,29,30). The van der Waals surface area contributed by atoms with E-state index in [0.29, 0.717) is 23.2 Å². The fourth-order valence-corrected chi connectivity index (χ4v) is 3.86. The van der Waals surface area contributed by atoms with Crippen LogP contribution in [0.2, 0.25) is 0 Å². The summed E-state index contributed by atoms with van der Waals surface area (Å²) in [6.07, 6.45) is 1.75. The zero-order chi connectivity index (χ0) is 22.4. The normalized spacial score (nSPS) is 11.6. The summed E-state index contributed by atoms with van der Waals surface area (Å²) in [5, 5.41) is 13.7. The number of nitrogens with zero attached hydrogens (tertiary/aromatic N) is 3. The summed E-state index contributed by atoms with van der Waals surface area (Å²) in [4.78, 5) is 24.8. The minimum absolute atomic E-state index is 0.415. The summed E-state index contributed by atoms with van der Waals surface area (Å²) in [7, 11) is 0. The Morgan fingerprint density at radius 1 is 1.16 bits per heavy atom. The van der Waals surface area contributed by atoms with Crippen molar-refractivity contribution < 1.29 is 9.59 Å². The molecule has 0 aliphatic heterocycles. The van der Waals surface area contributed by atoms with Crippen LogP contribution in [0.4, 0.5) is 10.5 Å². The van der Waals surface area contributed by atoms with Gasteiger partial charge in [-0.25, -0.2) is 4.79 Å². The smallest absolute Gasteiger partial charge is 0.307 e. The predicted molar refractivity (Wildman–Crippen MR) is 124 cm³/mol. The molecule has 31 heavy (non-hydrogen) atoms. The van der Waals surface area contributed by atoms with Crippen molar-refractivity contribution in [1.29, 1.82) is 0 Å². The van der Waals surface area contributed by atoms with Crippen LogP contribution in [-0.4, -0.2) is 32.0 Å². The van der Waals surface area contributed by atoms with Gasteiger partial charge in [0.25, 0.3) is 0 Å². The molecule has 160 valence electrons. The number of amides is 3. The van der Waals surface area contributed by atoms with Crippen LogP contribution >= 0.6 is 11.8 Å². The number of hydrogen-bond acceptors (Lipinski definition) is 5. The first-order chi connectivity index (χ1) is 14.9. The van der Waals surface area contributed by atoms with Gasteiger partial charge in [-0.05, 0) is 32.4 Å². The van der Waals surface area contributed by atoms with Crippen LogP contribution < -0.4 is 10.6 Å². The van der Waals surface area contributed by atoms with E-state index < -0.39 is 17.2 Å². The van der Waals surface area contributed by atoms with Crippen molar-refractivity contribution in [2.75, 3.05) is 5.32 Å².